The number of carbonyl (C=O) groups is 2. The number of aliphatic hydroxyl groups is 1. The molecule has 4 aliphatic carbocycles. The molecule has 3 saturated carbocycles. The molecule has 7 rings (SSSR count). The second-order valence-corrected chi connectivity index (χ2v) is 15.2. The molecule has 1 N–H and O–H groups in total. The van der Waals surface area contributed by atoms with Crippen molar-refractivity contribution in [1.82, 2.24) is 0 Å². The summed E-state index contributed by atoms with van der Waals surface area (Å²) in [5, 5.41) is 16.4. The van der Waals surface area contributed by atoms with Gasteiger partial charge in [0.15, 0.2) is 18.5 Å². The lowest BCUT2D eigenvalue weighted by Crippen LogP contribution is -2.60. The molecule has 4 fully saturated rings. The minimum atomic E-state index is -1.18. The fraction of sp³-hybridized carbons (Fsp3) is 0.605. The molecule has 0 spiro atoms. The lowest BCUT2D eigenvalue weighted by atomic mass is 9.45. The van der Waals surface area contributed by atoms with Crippen LogP contribution >= 0.6 is 0 Å². The molecular weight excluding hydrogens is 642 g/mol. The number of hydrogen-bond acceptors (Lipinski definition) is 10. The van der Waals surface area contributed by atoms with Gasteiger partial charge < -0.3 is 28.5 Å². The Kier molecular flexibility index (Phi) is 9.17. The molecule has 12 nitrogen and oxygen atoms in total. The molecule has 4 unspecified atom stereocenters. The number of rotatable bonds is 7. The lowest BCUT2D eigenvalue weighted by Gasteiger charge is -2.62. The van der Waals surface area contributed by atoms with E-state index in [-0.39, 0.29) is 41.0 Å². The third kappa shape index (κ3) is 5.86. The number of ether oxygens (including phenoxy) is 4. The topological polar surface area (TPSA) is 170 Å². The maximum Gasteiger partial charge on any atom is 0.338 e. The van der Waals surface area contributed by atoms with Gasteiger partial charge in [-0.3, -0.25) is 4.79 Å². The predicted octanol–water partition coefficient (Wildman–Crippen LogP) is 6.38. The molecule has 1 aromatic heterocycles. The van der Waals surface area contributed by atoms with E-state index >= 15 is 0 Å². The van der Waals surface area contributed by atoms with Crippen molar-refractivity contribution in [3.8, 4) is 0 Å². The summed E-state index contributed by atoms with van der Waals surface area (Å²) in [4.78, 5) is 39.9. The van der Waals surface area contributed by atoms with Crippen LogP contribution in [0.4, 0.5) is 0 Å². The molecule has 5 aliphatic rings. The standard InChI is InChI=1S/C38H45N3O9/c1-22(42)48-32-30(40-41-39)21-47-35(33(32)50-34(44)23-7-5-4-6-8-23)49-26-13-16-36(2)25(19-26)10-11-29-28(36)14-17-37(3)27(15-18-38(29,37)45)24-9-12-31(43)46-20-24/h4-9,12,19-20,26-30,32-33,35,45H,10-11,13-18,21H2,1-3H3/t26-,27+,28?,29?,30?,32-,33-,35?,36-,37+,38-/m0/s1. The van der Waals surface area contributed by atoms with Crippen LogP contribution in [-0.2, 0) is 23.7 Å². The molecule has 12 heteroatoms. The van der Waals surface area contributed by atoms with Gasteiger partial charge in [-0.15, -0.1) is 0 Å². The van der Waals surface area contributed by atoms with Gasteiger partial charge in [0.25, 0.3) is 0 Å². The number of carbonyl (C=O) groups excluding carboxylic acids is 2. The second kappa shape index (κ2) is 13.3. The summed E-state index contributed by atoms with van der Waals surface area (Å²) in [5.41, 5.74) is 10.2. The first-order valence-corrected chi connectivity index (χ1v) is 17.7. The van der Waals surface area contributed by atoms with Crippen molar-refractivity contribution in [3.05, 3.63) is 92.4 Å². The van der Waals surface area contributed by atoms with Gasteiger partial charge >= 0.3 is 17.6 Å². The van der Waals surface area contributed by atoms with Crippen LogP contribution in [-0.4, -0.2) is 59.9 Å². The van der Waals surface area contributed by atoms with E-state index in [1.165, 1.54) is 18.6 Å². The Balaban J connectivity index is 1.11. The van der Waals surface area contributed by atoms with Crippen molar-refractivity contribution in [3.63, 3.8) is 0 Å². The monoisotopic (exact) mass is 687 g/mol. The molecule has 0 radical (unpaired) electrons. The SMILES string of the molecule is CC(=O)O[C@H]1C(N=[N+]=[N-])COC(O[C@@H]2C=C3CCC4C(CC[C@]5(C)[C@@H](c6ccc(=O)oc6)CC[C@]45O)[C@@]3(C)CC2)[C@H]1OC(=O)c1ccccc1. The summed E-state index contributed by atoms with van der Waals surface area (Å²) in [6.45, 7) is 5.72. The van der Waals surface area contributed by atoms with E-state index < -0.39 is 42.1 Å². The molecule has 266 valence electrons. The number of nitrogens with zero attached hydrogens (tertiary/aromatic N) is 3. The van der Waals surface area contributed by atoms with Crippen LogP contribution < -0.4 is 5.63 Å². The van der Waals surface area contributed by atoms with E-state index in [4.69, 9.17) is 23.4 Å². The van der Waals surface area contributed by atoms with Gasteiger partial charge in [0, 0.05) is 23.3 Å². The van der Waals surface area contributed by atoms with E-state index in [2.05, 4.69) is 29.9 Å². The van der Waals surface area contributed by atoms with Gasteiger partial charge in [-0.1, -0.05) is 48.8 Å². The Bertz CT molecular complexity index is 1740. The Morgan fingerprint density at radius 1 is 0.980 bits per heavy atom. The van der Waals surface area contributed by atoms with Crippen LogP contribution in [0.25, 0.3) is 10.4 Å². The van der Waals surface area contributed by atoms with Gasteiger partial charge in [-0.2, -0.15) is 0 Å². The van der Waals surface area contributed by atoms with Crippen LogP contribution in [0.1, 0.15) is 94.0 Å². The maximum atomic E-state index is 13.2. The second-order valence-electron chi connectivity index (χ2n) is 15.2. The maximum absolute atomic E-state index is 13.2. The highest BCUT2D eigenvalue weighted by Gasteiger charge is 2.66. The first-order chi connectivity index (χ1) is 24.0. The summed E-state index contributed by atoms with van der Waals surface area (Å²) in [6.07, 6.45) is 6.70. The van der Waals surface area contributed by atoms with Crippen LogP contribution in [0.15, 0.2) is 74.7 Å². The zero-order valence-corrected chi connectivity index (χ0v) is 28.7. The van der Waals surface area contributed by atoms with E-state index in [1.54, 1.807) is 36.6 Å². The Labute approximate surface area is 290 Å². The third-order valence-corrected chi connectivity index (χ3v) is 12.8. The summed E-state index contributed by atoms with van der Waals surface area (Å²) in [5.74, 6) is -0.686. The molecular formula is C38H45N3O9. The Morgan fingerprint density at radius 3 is 2.50 bits per heavy atom. The number of benzene rings is 1. The quantitative estimate of drug-likeness (QED) is 0.114. The summed E-state index contributed by atoms with van der Waals surface area (Å²) >= 11 is 0. The summed E-state index contributed by atoms with van der Waals surface area (Å²) in [6, 6.07) is 10.9. The van der Waals surface area contributed by atoms with Crippen molar-refractivity contribution >= 4 is 11.9 Å². The van der Waals surface area contributed by atoms with E-state index in [0.29, 0.717) is 17.9 Å². The number of allylic oxidation sites excluding steroid dienone is 1. The van der Waals surface area contributed by atoms with Crippen molar-refractivity contribution in [2.45, 2.75) is 114 Å². The molecule has 0 bridgehead atoms. The van der Waals surface area contributed by atoms with Gasteiger partial charge in [0.2, 0.25) is 0 Å². The molecule has 11 atom stereocenters. The van der Waals surface area contributed by atoms with Gasteiger partial charge in [-0.05, 0) is 104 Å². The van der Waals surface area contributed by atoms with E-state index in [9.17, 15) is 25.0 Å². The molecule has 1 aromatic carbocycles. The minimum absolute atomic E-state index is 0.0791. The first kappa shape index (κ1) is 34.5. The van der Waals surface area contributed by atoms with Crippen LogP contribution in [0, 0.1) is 22.7 Å². The fourth-order valence-corrected chi connectivity index (χ4v) is 10.3. The molecule has 0 amide bonds. The zero-order chi connectivity index (χ0) is 35.3. The average molecular weight is 688 g/mol. The zero-order valence-electron chi connectivity index (χ0n) is 28.7. The normalized spacial score (nSPS) is 39.1. The Hall–Kier alpha value is -3.96. The molecule has 1 saturated heterocycles. The number of fused-ring (bicyclic) bond motifs is 5. The average Bonchev–Trinajstić information content (AvgIpc) is 3.38. The van der Waals surface area contributed by atoms with Gasteiger partial charge in [-0.25, -0.2) is 9.59 Å². The van der Waals surface area contributed by atoms with Crippen LogP contribution in [0.5, 0.6) is 0 Å². The fourth-order valence-electron chi connectivity index (χ4n) is 10.3. The molecule has 1 aliphatic heterocycles. The highest BCUT2D eigenvalue weighted by atomic mass is 16.7. The summed E-state index contributed by atoms with van der Waals surface area (Å²) in [7, 11) is 0. The minimum Gasteiger partial charge on any atom is -0.458 e. The molecule has 2 aromatic rings. The van der Waals surface area contributed by atoms with Gasteiger partial charge in [0.1, 0.15) is 6.04 Å². The third-order valence-electron chi connectivity index (χ3n) is 12.8. The summed E-state index contributed by atoms with van der Waals surface area (Å²) < 4.78 is 29.3. The van der Waals surface area contributed by atoms with Crippen LogP contribution in [0.3, 0.4) is 0 Å². The molecule has 2 heterocycles. The van der Waals surface area contributed by atoms with Gasteiger partial charge in [0.05, 0.1) is 30.1 Å². The van der Waals surface area contributed by atoms with Crippen molar-refractivity contribution < 1.29 is 38.1 Å². The predicted molar refractivity (Wildman–Crippen MR) is 180 cm³/mol. The largest absolute Gasteiger partial charge is 0.458 e. The number of esters is 2. The Morgan fingerprint density at radius 2 is 1.78 bits per heavy atom. The first-order valence-electron chi connectivity index (χ1n) is 17.7. The van der Waals surface area contributed by atoms with E-state index in [1.807, 2.05) is 6.07 Å². The van der Waals surface area contributed by atoms with Crippen molar-refractivity contribution in [2.75, 3.05) is 6.61 Å². The smallest absolute Gasteiger partial charge is 0.338 e. The van der Waals surface area contributed by atoms with E-state index in [0.717, 1.165) is 50.5 Å². The lowest BCUT2D eigenvalue weighted by molar-refractivity contribution is -0.262. The number of hydrogen-bond donors (Lipinski definition) is 1. The van der Waals surface area contributed by atoms with Crippen molar-refractivity contribution in [2.24, 2.45) is 27.8 Å². The van der Waals surface area contributed by atoms with Crippen LogP contribution in [0.2, 0.25) is 0 Å². The highest BCUT2D eigenvalue weighted by molar-refractivity contribution is 5.89. The van der Waals surface area contributed by atoms with Crippen molar-refractivity contribution in [1.29, 1.82) is 0 Å². The number of azide groups is 1. The molecule has 50 heavy (non-hydrogen) atoms. The highest BCUT2D eigenvalue weighted by Crippen LogP contribution is 2.70.